The number of fused-ring (bicyclic) bond motifs is 3. The van der Waals surface area contributed by atoms with Gasteiger partial charge in [-0.3, -0.25) is 19.4 Å². The molecule has 0 saturated carbocycles. The topological polar surface area (TPSA) is 118 Å². The van der Waals surface area contributed by atoms with Gasteiger partial charge >= 0.3 is 5.97 Å². The molecule has 0 spiro atoms. The number of nitrogens with zero attached hydrogens (tertiary/aromatic N) is 4. The molecular weight excluding hydrogens is 531 g/mol. The van der Waals surface area contributed by atoms with Crippen LogP contribution in [0.3, 0.4) is 0 Å². The first-order valence-electron chi connectivity index (χ1n) is 12.0. The third-order valence-corrected chi connectivity index (χ3v) is 8.06. The van der Waals surface area contributed by atoms with Crippen molar-refractivity contribution in [2.24, 2.45) is 0 Å². The molecule has 1 aliphatic rings. The van der Waals surface area contributed by atoms with Crippen molar-refractivity contribution in [3.05, 3.63) is 70.5 Å². The third kappa shape index (κ3) is 4.41. The van der Waals surface area contributed by atoms with Crippen LogP contribution in [0.15, 0.2) is 52.5 Å². The molecule has 1 amide bonds. The van der Waals surface area contributed by atoms with E-state index in [4.69, 9.17) is 16.7 Å². The Morgan fingerprint density at radius 2 is 2.08 bits per heavy atom. The summed E-state index contributed by atoms with van der Waals surface area (Å²) in [6, 6.07) is 8.68. The predicted octanol–water partition coefficient (Wildman–Crippen LogP) is 5.01. The number of carbonyl (C=O) groups is 2. The summed E-state index contributed by atoms with van der Waals surface area (Å²) in [4.78, 5) is 26.3. The van der Waals surface area contributed by atoms with Crippen molar-refractivity contribution in [2.45, 2.75) is 48.7 Å². The van der Waals surface area contributed by atoms with Crippen LogP contribution in [0, 0.1) is 5.82 Å². The lowest BCUT2D eigenvalue weighted by atomic mass is 10.1. The number of carbonyl (C=O) groups excluding carboxylic acids is 1. The predicted molar refractivity (Wildman–Crippen MR) is 141 cm³/mol. The summed E-state index contributed by atoms with van der Waals surface area (Å²) in [7, 11) is 0. The summed E-state index contributed by atoms with van der Waals surface area (Å²) < 4.78 is 18.4. The van der Waals surface area contributed by atoms with Crippen molar-refractivity contribution < 1.29 is 19.1 Å². The van der Waals surface area contributed by atoms with Gasteiger partial charge in [-0.15, -0.1) is 0 Å². The molecule has 0 unspecified atom stereocenters. The van der Waals surface area contributed by atoms with Gasteiger partial charge < -0.3 is 15.0 Å². The molecule has 194 valence electrons. The second-order valence-corrected chi connectivity index (χ2v) is 10.6. The largest absolute Gasteiger partial charge is 0.481 e. The lowest BCUT2D eigenvalue weighted by molar-refractivity contribution is -0.137. The van der Waals surface area contributed by atoms with Crippen LogP contribution in [-0.4, -0.2) is 41.5 Å². The number of aryl methyl sites for hydroxylation is 1. The highest BCUT2D eigenvalue weighted by Crippen LogP contribution is 2.38. The maximum Gasteiger partial charge on any atom is 0.305 e. The number of aromatic nitrogens is 5. The zero-order valence-corrected chi connectivity index (χ0v) is 21.6. The zero-order valence-electron chi connectivity index (χ0n) is 20.0. The molecule has 2 aromatic carbocycles. The van der Waals surface area contributed by atoms with Gasteiger partial charge in [0.15, 0.2) is 0 Å². The number of halogens is 2. The molecule has 12 heteroatoms. The highest BCUT2D eigenvalue weighted by molar-refractivity contribution is 7.99. The van der Waals surface area contributed by atoms with Crippen LogP contribution >= 0.6 is 23.4 Å². The average molecular weight is 553 g/mol. The van der Waals surface area contributed by atoms with Crippen LogP contribution in [0.2, 0.25) is 5.02 Å². The van der Waals surface area contributed by atoms with Gasteiger partial charge in [0.25, 0.3) is 5.91 Å². The number of aliphatic carboxylic acids is 1. The Bertz CT molecular complexity index is 1730. The average Bonchev–Trinajstić information content (AvgIpc) is 3.67. The Morgan fingerprint density at radius 3 is 2.92 bits per heavy atom. The fourth-order valence-corrected chi connectivity index (χ4v) is 6.41. The summed E-state index contributed by atoms with van der Waals surface area (Å²) in [5.74, 6) is -1.77. The Labute approximate surface area is 225 Å². The lowest BCUT2D eigenvalue weighted by Crippen LogP contribution is -2.26. The second kappa shape index (κ2) is 9.80. The van der Waals surface area contributed by atoms with Gasteiger partial charge in [-0.1, -0.05) is 23.4 Å². The summed E-state index contributed by atoms with van der Waals surface area (Å²) in [6.07, 6.45) is 4.94. The van der Waals surface area contributed by atoms with E-state index in [2.05, 4.69) is 20.6 Å². The molecule has 3 N–H and O–H groups in total. The number of carboxylic acid groups (broad SMARTS) is 1. The molecule has 0 bridgehead atoms. The maximum absolute atomic E-state index is 14.9. The minimum atomic E-state index is -0.970. The Balaban J connectivity index is 1.26. The van der Waals surface area contributed by atoms with Gasteiger partial charge in [0.2, 0.25) is 0 Å². The maximum atomic E-state index is 14.9. The van der Waals surface area contributed by atoms with Crippen molar-refractivity contribution in [3.8, 4) is 0 Å². The van der Waals surface area contributed by atoms with E-state index >= 15 is 0 Å². The normalized spacial score (nSPS) is 12.9. The monoisotopic (exact) mass is 552 g/mol. The molecular formula is C26H22ClFN6O3S. The zero-order chi connectivity index (χ0) is 26.4. The van der Waals surface area contributed by atoms with Gasteiger partial charge in [-0.25, -0.2) is 4.39 Å². The van der Waals surface area contributed by atoms with Crippen molar-refractivity contribution >= 4 is 57.0 Å². The van der Waals surface area contributed by atoms with E-state index in [9.17, 15) is 14.0 Å². The van der Waals surface area contributed by atoms with Crippen LogP contribution in [0.25, 0.3) is 21.8 Å². The van der Waals surface area contributed by atoms with Gasteiger partial charge in [0, 0.05) is 44.9 Å². The first kappa shape index (κ1) is 24.5. The van der Waals surface area contributed by atoms with Crippen LogP contribution in [0.4, 0.5) is 4.39 Å². The van der Waals surface area contributed by atoms with Crippen molar-refractivity contribution in [1.82, 2.24) is 29.9 Å². The Kier molecular flexibility index (Phi) is 6.32. The van der Waals surface area contributed by atoms with E-state index in [1.165, 1.54) is 10.7 Å². The van der Waals surface area contributed by atoms with Crippen LogP contribution in [0.1, 0.15) is 34.6 Å². The van der Waals surface area contributed by atoms with E-state index in [1.807, 2.05) is 22.8 Å². The lowest BCUT2D eigenvalue weighted by Gasteiger charge is -2.11. The first-order valence-corrected chi connectivity index (χ1v) is 13.2. The van der Waals surface area contributed by atoms with Crippen LogP contribution in [0.5, 0.6) is 0 Å². The minimum absolute atomic E-state index is 0.0590. The molecule has 6 rings (SSSR count). The number of benzene rings is 2. The third-order valence-electron chi connectivity index (χ3n) is 6.71. The smallest absolute Gasteiger partial charge is 0.305 e. The number of amides is 1. The molecule has 9 nitrogen and oxygen atoms in total. The van der Waals surface area contributed by atoms with Crippen molar-refractivity contribution in [3.63, 3.8) is 0 Å². The SMILES string of the molecule is O=C(O)CCn1ncc2ccc(F)c(CNC(=O)c3cc(Sc4cc(Cl)c5[nH]ncc5c4)c4n3CCC4)c21. The fraction of sp³-hybridized carbons (Fsp3) is 0.231. The van der Waals surface area contributed by atoms with Gasteiger partial charge in [-0.05, 0) is 43.2 Å². The van der Waals surface area contributed by atoms with Crippen molar-refractivity contribution in [1.29, 1.82) is 0 Å². The van der Waals surface area contributed by atoms with E-state index in [1.54, 1.807) is 30.2 Å². The fourth-order valence-electron chi connectivity index (χ4n) is 4.96. The van der Waals surface area contributed by atoms with E-state index in [0.717, 1.165) is 45.8 Å². The number of hydrogen-bond donors (Lipinski definition) is 3. The van der Waals surface area contributed by atoms with Crippen molar-refractivity contribution in [2.75, 3.05) is 0 Å². The minimum Gasteiger partial charge on any atom is -0.481 e. The van der Waals surface area contributed by atoms with E-state index < -0.39 is 11.8 Å². The summed E-state index contributed by atoms with van der Waals surface area (Å²) in [5, 5.41) is 25.2. The molecule has 0 aliphatic carbocycles. The molecule has 38 heavy (non-hydrogen) atoms. The summed E-state index contributed by atoms with van der Waals surface area (Å²) >= 11 is 7.96. The first-order chi connectivity index (χ1) is 18.4. The van der Waals surface area contributed by atoms with Crippen LogP contribution < -0.4 is 5.32 Å². The highest BCUT2D eigenvalue weighted by atomic mass is 35.5. The number of carboxylic acids is 1. The number of H-pyrrole nitrogens is 1. The summed E-state index contributed by atoms with van der Waals surface area (Å²) in [5.41, 5.74) is 3.13. The van der Waals surface area contributed by atoms with Gasteiger partial charge in [0.1, 0.15) is 11.5 Å². The van der Waals surface area contributed by atoms with E-state index in [-0.39, 0.29) is 31.0 Å². The quantitative estimate of drug-likeness (QED) is 0.249. The van der Waals surface area contributed by atoms with E-state index in [0.29, 0.717) is 21.6 Å². The van der Waals surface area contributed by atoms with Gasteiger partial charge in [0.05, 0.1) is 41.4 Å². The molecule has 0 saturated heterocycles. The molecule has 3 aromatic heterocycles. The molecule has 0 radical (unpaired) electrons. The summed E-state index contributed by atoms with van der Waals surface area (Å²) in [6.45, 7) is 0.771. The highest BCUT2D eigenvalue weighted by Gasteiger charge is 2.25. The Morgan fingerprint density at radius 1 is 1.21 bits per heavy atom. The standard InChI is InChI=1S/C26H22ClFN6O3S/c27-18-9-16(8-15-11-30-32-24(15)18)38-22-10-21(33-6-1-2-20(22)33)26(37)29-13-17-19(28)4-3-14-12-31-34(25(14)17)7-5-23(35)36/h3-4,8-12H,1-2,5-7,13H2,(H,29,37)(H,30,32)(H,35,36). The van der Waals surface area contributed by atoms with Gasteiger partial charge in [-0.2, -0.15) is 10.2 Å². The number of rotatable bonds is 8. The molecule has 4 heterocycles. The Hall–Kier alpha value is -3.83. The number of nitrogens with one attached hydrogen (secondary N) is 2. The molecule has 5 aromatic rings. The second-order valence-electron chi connectivity index (χ2n) is 9.10. The number of aromatic amines is 1. The number of hydrogen-bond acceptors (Lipinski definition) is 5. The van der Waals surface area contributed by atoms with Crippen LogP contribution in [-0.2, 0) is 30.8 Å². The molecule has 0 fully saturated rings. The molecule has 1 aliphatic heterocycles. The molecule has 0 atom stereocenters.